The van der Waals surface area contributed by atoms with Gasteiger partial charge < -0.3 is 19.0 Å². The average molecular weight is 513 g/mol. The van der Waals surface area contributed by atoms with Gasteiger partial charge in [0.15, 0.2) is 11.3 Å². The van der Waals surface area contributed by atoms with Crippen molar-refractivity contribution >= 4 is 29.2 Å². The Morgan fingerprint density at radius 2 is 1.94 bits per heavy atom. The number of fused-ring (bicyclic) bond motifs is 1. The highest BCUT2D eigenvalue weighted by molar-refractivity contribution is 6.33. The minimum absolute atomic E-state index is 0. The fourth-order valence-electron chi connectivity index (χ4n) is 4.51. The number of halogens is 4. The largest absolute Gasteiger partial charge is 0.472 e. The molecule has 12 heteroatoms. The highest BCUT2D eigenvalue weighted by Crippen LogP contribution is 2.37. The van der Waals surface area contributed by atoms with E-state index in [9.17, 15) is 22.8 Å². The molecule has 2 fully saturated rings. The first-order chi connectivity index (χ1) is 16.1. The maximum Gasteiger partial charge on any atom is 0.420 e. The Hall–Kier alpha value is -3.21. The van der Waals surface area contributed by atoms with Crippen LogP contribution in [0.15, 0.2) is 35.3 Å². The molecule has 0 saturated carbocycles. The highest BCUT2D eigenvalue weighted by Gasteiger charge is 2.39. The number of aromatic nitrogens is 2. The van der Waals surface area contributed by atoms with E-state index in [0.29, 0.717) is 38.0 Å². The van der Waals surface area contributed by atoms with Crippen LogP contribution in [0.3, 0.4) is 0 Å². The van der Waals surface area contributed by atoms with Crippen LogP contribution in [0.2, 0.25) is 5.15 Å². The Kier molecular flexibility index (Phi) is 6.48. The van der Waals surface area contributed by atoms with Gasteiger partial charge in [-0.2, -0.15) is 13.2 Å². The van der Waals surface area contributed by atoms with E-state index in [0.717, 1.165) is 10.5 Å². The summed E-state index contributed by atoms with van der Waals surface area (Å²) in [4.78, 5) is 32.3. The zero-order valence-corrected chi connectivity index (χ0v) is 18.8. The quantitative estimate of drug-likeness (QED) is 0.473. The number of carbonyl (C=O) groups excluding carboxylic acids is 2. The van der Waals surface area contributed by atoms with E-state index in [2.05, 4.69) is 4.98 Å². The third kappa shape index (κ3) is 4.44. The molecular formula is C23H24ClF3N4O4. The van der Waals surface area contributed by atoms with Crippen LogP contribution in [-0.4, -0.2) is 63.0 Å². The van der Waals surface area contributed by atoms with Crippen LogP contribution in [0.25, 0.3) is 16.8 Å². The van der Waals surface area contributed by atoms with Crippen LogP contribution in [0.1, 0.15) is 43.2 Å². The number of imidazole rings is 1. The lowest BCUT2D eigenvalue weighted by Crippen LogP contribution is -2.47. The summed E-state index contributed by atoms with van der Waals surface area (Å²) in [6, 6.07) is 2.42. The van der Waals surface area contributed by atoms with Gasteiger partial charge >= 0.3 is 12.3 Å². The molecule has 35 heavy (non-hydrogen) atoms. The van der Waals surface area contributed by atoms with Gasteiger partial charge in [-0.1, -0.05) is 19.0 Å². The predicted molar refractivity (Wildman–Crippen MR) is 121 cm³/mol. The fourth-order valence-corrected chi connectivity index (χ4v) is 4.76. The van der Waals surface area contributed by atoms with Crippen LogP contribution in [0.5, 0.6) is 0 Å². The molecule has 2 aliphatic rings. The Bertz CT molecular complexity index is 1250. The average Bonchev–Trinajstić information content (AvgIpc) is 3.52. The summed E-state index contributed by atoms with van der Waals surface area (Å²) in [5, 5.41) is -0.199. The van der Waals surface area contributed by atoms with Crippen LogP contribution in [0.4, 0.5) is 18.0 Å². The van der Waals surface area contributed by atoms with Gasteiger partial charge in [0, 0.05) is 36.5 Å². The smallest absolute Gasteiger partial charge is 0.420 e. The van der Waals surface area contributed by atoms with Crippen molar-refractivity contribution in [2.75, 3.05) is 19.6 Å². The molecule has 5 heterocycles. The van der Waals surface area contributed by atoms with E-state index in [-0.39, 0.29) is 42.1 Å². The zero-order valence-electron chi connectivity index (χ0n) is 18.0. The third-order valence-corrected chi connectivity index (χ3v) is 6.57. The SMILES string of the molecule is C.C[C@H]1CN(C2CCN(C(=O)c3nc4c(C(F)(F)F)cc(-c5ccoc5)cn4c3Cl)CC2)C(=O)O1. The van der Waals surface area contributed by atoms with Crippen molar-refractivity contribution in [1.29, 1.82) is 0 Å². The van der Waals surface area contributed by atoms with Gasteiger partial charge in [0.1, 0.15) is 11.3 Å². The Morgan fingerprint density at radius 3 is 2.51 bits per heavy atom. The summed E-state index contributed by atoms with van der Waals surface area (Å²) >= 11 is 6.39. The van der Waals surface area contributed by atoms with Crippen molar-refractivity contribution in [3.63, 3.8) is 0 Å². The summed E-state index contributed by atoms with van der Waals surface area (Å²) in [5.74, 6) is -0.553. The lowest BCUT2D eigenvalue weighted by atomic mass is 10.0. The molecule has 0 N–H and O–H groups in total. The van der Waals surface area contributed by atoms with E-state index >= 15 is 0 Å². The van der Waals surface area contributed by atoms with Crippen molar-refractivity contribution in [3.05, 3.63) is 47.3 Å². The molecule has 188 valence electrons. The molecule has 2 amide bonds. The molecule has 3 aromatic heterocycles. The summed E-state index contributed by atoms with van der Waals surface area (Å²) < 4.78 is 52.7. The molecule has 0 aromatic carbocycles. The van der Waals surface area contributed by atoms with Gasteiger partial charge in [0.05, 0.1) is 24.6 Å². The van der Waals surface area contributed by atoms with E-state index in [1.54, 1.807) is 4.90 Å². The van der Waals surface area contributed by atoms with Gasteiger partial charge in [-0.25, -0.2) is 9.78 Å². The lowest BCUT2D eigenvalue weighted by Gasteiger charge is -2.35. The van der Waals surface area contributed by atoms with Crippen molar-refractivity contribution in [2.24, 2.45) is 0 Å². The number of ether oxygens (including phenoxy) is 1. The molecule has 2 aliphatic heterocycles. The maximum absolute atomic E-state index is 13.8. The second kappa shape index (κ2) is 9.10. The number of furan rings is 1. The monoisotopic (exact) mass is 512 g/mol. The number of alkyl halides is 3. The zero-order chi connectivity index (χ0) is 24.2. The van der Waals surface area contributed by atoms with Gasteiger partial charge in [-0.15, -0.1) is 0 Å². The lowest BCUT2D eigenvalue weighted by molar-refractivity contribution is -0.136. The van der Waals surface area contributed by atoms with E-state index in [1.165, 1.54) is 29.7 Å². The van der Waals surface area contributed by atoms with E-state index in [4.69, 9.17) is 20.8 Å². The molecule has 0 spiro atoms. The first-order valence-electron chi connectivity index (χ1n) is 10.7. The number of piperidine rings is 1. The Labute approximate surface area is 204 Å². The van der Waals surface area contributed by atoms with Gasteiger partial charge in [-0.3, -0.25) is 9.20 Å². The number of pyridine rings is 1. The predicted octanol–water partition coefficient (Wildman–Crippen LogP) is 5.35. The molecule has 2 saturated heterocycles. The number of carbonyl (C=O) groups is 2. The first-order valence-corrected chi connectivity index (χ1v) is 11.1. The summed E-state index contributed by atoms with van der Waals surface area (Å²) in [7, 11) is 0. The minimum atomic E-state index is -4.71. The molecular weight excluding hydrogens is 489 g/mol. The standard InChI is InChI=1S/C22H20ClF3N4O4.CH4/c1-12-9-29(21(32)34-12)15-2-5-28(6-3-15)20(31)17-18(23)30-10-14(13-4-7-33-11-13)8-16(19(30)27-17)22(24,25)26;/h4,7-8,10-12,15H,2-3,5-6,9H2,1H3;1H4/t12-;/m0./s1. The second-order valence-corrected chi connectivity index (χ2v) is 8.83. The Balaban J connectivity index is 0.00000289. The Morgan fingerprint density at radius 1 is 1.23 bits per heavy atom. The summed E-state index contributed by atoms with van der Waals surface area (Å²) in [6.07, 6.45) is -0.145. The normalized spacial score (nSPS) is 19.2. The van der Waals surface area contributed by atoms with Crippen LogP contribution < -0.4 is 0 Å². The van der Waals surface area contributed by atoms with Crippen molar-refractivity contribution in [1.82, 2.24) is 19.2 Å². The first kappa shape index (κ1) is 24.9. The third-order valence-electron chi connectivity index (χ3n) is 6.21. The van der Waals surface area contributed by atoms with Crippen molar-refractivity contribution in [3.8, 4) is 11.1 Å². The van der Waals surface area contributed by atoms with Crippen molar-refractivity contribution in [2.45, 2.75) is 45.5 Å². The number of hydrogen-bond donors (Lipinski definition) is 0. The molecule has 3 aromatic rings. The van der Waals surface area contributed by atoms with Gasteiger partial charge in [-0.05, 0) is 31.9 Å². The number of likely N-dealkylation sites (tertiary alicyclic amines) is 1. The molecule has 1 atom stereocenters. The highest BCUT2D eigenvalue weighted by atomic mass is 35.5. The minimum Gasteiger partial charge on any atom is -0.472 e. The van der Waals surface area contributed by atoms with E-state index in [1.807, 2.05) is 6.92 Å². The second-order valence-electron chi connectivity index (χ2n) is 8.47. The number of rotatable bonds is 3. The summed E-state index contributed by atoms with van der Waals surface area (Å²) in [6.45, 7) is 2.95. The number of hydrogen-bond acceptors (Lipinski definition) is 5. The molecule has 0 bridgehead atoms. The molecule has 5 rings (SSSR count). The number of cyclic esters (lactones) is 1. The van der Waals surface area contributed by atoms with Gasteiger partial charge in [0.2, 0.25) is 0 Å². The fraction of sp³-hybridized carbons (Fsp3) is 0.435. The van der Waals surface area contributed by atoms with Crippen LogP contribution in [-0.2, 0) is 10.9 Å². The topological polar surface area (TPSA) is 80.3 Å². The van der Waals surface area contributed by atoms with Crippen LogP contribution >= 0.6 is 11.6 Å². The van der Waals surface area contributed by atoms with Crippen molar-refractivity contribution < 1.29 is 31.9 Å². The number of amides is 2. The van der Waals surface area contributed by atoms with E-state index < -0.39 is 23.3 Å². The molecule has 0 radical (unpaired) electrons. The van der Waals surface area contributed by atoms with Crippen LogP contribution in [0, 0.1) is 0 Å². The van der Waals surface area contributed by atoms with Gasteiger partial charge in [0.25, 0.3) is 5.91 Å². The maximum atomic E-state index is 13.8. The molecule has 0 aliphatic carbocycles. The molecule has 0 unspecified atom stereocenters. The number of nitrogens with zero attached hydrogens (tertiary/aromatic N) is 4. The molecule has 8 nitrogen and oxygen atoms in total. The summed E-state index contributed by atoms with van der Waals surface area (Å²) in [5.41, 5.74) is -1.05.